The standard InChI is InChI=1S/C44H85NO5S/c1-3-5-7-9-11-13-15-17-19-21-23-25-27-29-31-33-35-37-39-43(46)42(41-51(48,49)50)45-44(47)40-38-36-34-32-30-28-26-24-22-20-18-16-14-12-10-8-6-4-2/h14,16,20,22,42-43,46H,3-13,15,17-19,21,23-41H2,1-2H3,(H,45,47)(H,48,49,50)/b16-14-,22-20-. The molecule has 0 rings (SSSR count). The van der Waals surface area contributed by atoms with Crippen molar-refractivity contribution in [2.24, 2.45) is 0 Å². The van der Waals surface area contributed by atoms with E-state index in [1.165, 1.54) is 148 Å². The quantitative estimate of drug-likeness (QED) is 0.0330. The zero-order valence-corrected chi connectivity index (χ0v) is 34.6. The summed E-state index contributed by atoms with van der Waals surface area (Å²) in [5, 5.41) is 13.4. The first-order valence-electron chi connectivity index (χ1n) is 22.0. The Hall–Kier alpha value is -1.18. The van der Waals surface area contributed by atoms with Gasteiger partial charge in [-0.1, -0.05) is 205 Å². The first-order chi connectivity index (χ1) is 24.8. The molecular formula is C44H85NO5S. The summed E-state index contributed by atoms with van der Waals surface area (Å²) in [6, 6.07) is -0.973. The SMILES string of the molecule is CCCCCC/C=C\C/C=C\CCCCCCCCCC(=O)NC(CS(=O)(=O)O)C(O)CCCCCCCCCCCCCCCCCCCC. The van der Waals surface area contributed by atoms with E-state index < -0.39 is 28.0 Å². The van der Waals surface area contributed by atoms with Gasteiger partial charge in [0, 0.05) is 6.42 Å². The van der Waals surface area contributed by atoms with Crippen LogP contribution in [-0.4, -0.2) is 41.9 Å². The Balaban J connectivity index is 3.83. The Morgan fingerprint density at radius 3 is 1.29 bits per heavy atom. The number of unbranched alkanes of at least 4 members (excludes halogenated alkanes) is 28. The van der Waals surface area contributed by atoms with Crippen LogP contribution >= 0.6 is 0 Å². The van der Waals surface area contributed by atoms with Crippen LogP contribution in [0.2, 0.25) is 0 Å². The number of carbonyl (C=O) groups is 1. The van der Waals surface area contributed by atoms with Crippen LogP contribution in [0.5, 0.6) is 0 Å². The topological polar surface area (TPSA) is 104 Å². The normalized spacial score (nSPS) is 13.4. The first kappa shape index (κ1) is 49.8. The molecule has 0 aromatic carbocycles. The molecule has 3 N–H and O–H groups in total. The Bertz CT molecular complexity index is 903. The molecule has 0 bridgehead atoms. The Morgan fingerprint density at radius 2 is 0.882 bits per heavy atom. The van der Waals surface area contributed by atoms with E-state index in [2.05, 4.69) is 43.5 Å². The van der Waals surface area contributed by atoms with E-state index in [0.29, 0.717) is 12.8 Å². The van der Waals surface area contributed by atoms with E-state index in [1.54, 1.807) is 0 Å². The minimum absolute atomic E-state index is 0.251. The van der Waals surface area contributed by atoms with Crippen LogP contribution in [0.4, 0.5) is 0 Å². The molecule has 0 radical (unpaired) electrons. The third-order valence-corrected chi connectivity index (χ3v) is 10.9. The summed E-state index contributed by atoms with van der Waals surface area (Å²) in [5.41, 5.74) is 0. The lowest BCUT2D eigenvalue weighted by Crippen LogP contribution is -2.47. The molecule has 0 fully saturated rings. The van der Waals surface area contributed by atoms with Crippen LogP contribution in [0.25, 0.3) is 0 Å². The minimum atomic E-state index is -4.31. The van der Waals surface area contributed by atoms with E-state index in [9.17, 15) is 22.9 Å². The Morgan fingerprint density at radius 1 is 0.529 bits per heavy atom. The van der Waals surface area contributed by atoms with Crippen LogP contribution in [0.3, 0.4) is 0 Å². The van der Waals surface area contributed by atoms with Gasteiger partial charge >= 0.3 is 0 Å². The number of hydrogen-bond donors (Lipinski definition) is 3. The number of amides is 1. The maximum absolute atomic E-state index is 12.5. The van der Waals surface area contributed by atoms with E-state index in [-0.39, 0.29) is 5.91 Å². The number of aliphatic hydroxyl groups excluding tert-OH is 1. The number of nitrogens with one attached hydrogen (secondary N) is 1. The molecule has 2 atom stereocenters. The molecule has 7 heteroatoms. The van der Waals surface area contributed by atoms with Crippen molar-refractivity contribution < 1.29 is 22.9 Å². The highest BCUT2D eigenvalue weighted by Gasteiger charge is 2.26. The fourth-order valence-electron chi connectivity index (χ4n) is 6.84. The van der Waals surface area contributed by atoms with E-state index in [4.69, 9.17) is 0 Å². The highest BCUT2D eigenvalue weighted by Crippen LogP contribution is 2.16. The maximum atomic E-state index is 12.5. The zero-order chi connectivity index (χ0) is 37.5. The molecule has 0 aliphatic rings. The summed E-state index contributed by atoms with van der Waals surface area (Å²) in [7, 11) is -4.31. The summed E-state index contributed by atoms with van der Waals surface area (Å²) in [5.74, 6) is -0.900. The Kier molecular flexibility index (Phi) is 37.6. The molecule has 0 spiro atoms. The number of hydrogen-bond acceptors (Lipinski definition) is 4. The van der Waals surface area contributed by atoms with Crippen molar-refractivity contribution in [3.63, 3.8) is 0 Å². The van der Waals surface area contributed by atoms with E-state index in [0.717, 1.165) is 57.8 Å². The van der Waals surface area contributed by atoms with E-state index in [1.807, 2.05) is 0 Å². The third kappa shape index (κ3) is 39.9. The summed E-state index contributed by atoms with van der Waals surface area (Å²) in [4.78, 5) is 12.5. The highest BCUT2D eigenvalue weighted by atomic mass is 32.2. The van der Waals surface area contributed by atoms with Gasteiger partial charge in [0.2, 0.25) is 5.91 Å². The van der Waals surface area contributed by atoms with Crippen molar-refractivity contribution in [1.82, 2.24) is 5.32 Å². The lowest BCUT2D eigenvalue weighted by Gasteiger charge is -2.23. The number of aliphatic hydroxyl groups is 1. The van der Waals surface area contributed by atoms with E-state index >= 15 is 0 Å². The molecule has 0 heterocycles. The van der Waals surface area contributed by atoms with Crippen molar-refractivity contribution in [2.75, 3.05) is 5.75 Å². The lowest BCUT2D eigenvalue weighted by molar-refractivity contribution is -0.122. The van der Waals surface area contributed by atoms with Crippen LogP contribution in [0.1, 0.15) is 232 Å². The van der Waals surface area contributed by atoms with Crippen LogP contribution in [-0.2, 0) is 14.9 Å². The number of carbonyl (C=O) groups excluding carboxylic acids is 1. The van der Waals surface area contributed by atoms with Crippen LogP contribution in [0, 0.1) is 0 Å². The largest absolute Gasteiger partial charge is 0.391 e. The predicted octanol–water partition coefficient (Wildman–Crippen LogP) is 13.1. The second kappa shape index (κ2) is 38.5. The molecule has 0 aromatic heterocycles. The molecule has 0 aliphatic heterocycles. The lowest BCUT2D eigenvalue weighted by atomic mass is 10.0. The molecular weight excluding hydrogens is 655 g/mol. The van der Waals surface area contributed by atoms with Crippen LogP contribution < -0.4 is 5.32 Å². The van der Waals surface area contributed by atoms with Gasteiger partial charge in [-0.15, -0.1) is 0 Å². The number of allylic oxidation sites excluding steroid dienone is 4. The molecule has 0 saturated carbocycles. The first-order valence-corrected chi connectivity index (χ1v) is 23.6. The summed E-state index contributed by atoms with van der Waals surface area (Å²) in [6.45, 7) is 4.52. The van der Waals surface area contributed by atoms with Crippen molar-refractivity contribution in [1.29, 1.82) is 0 Å². The van der Waals surface area contributed by atoms with Gasteiger partial charge in [0.15, 0.2) is 0 Å². The van der Waals surface area contributed by atoms with Gasteiger partial charge in [-0.25, -0.2) is 0 Å². The highest BCUT2D eigenvalue weighted by molar-refractivity contribution is 7.85. The van der Waals surface area contributed by atoms with Crippen molar-refractivity contribution >= 4 is 16.0 Å². The molecule has 6 nitrogen and oxygen atoms in total. The fourth-order valence-corrected chi connectivity index (χ4v) is 7.60. The van der Waals surface area contributed by atoms with Gasteiger partial charge in [-0.3, -0.25) is 9.35 Å². The molecule has 302 valence electrons. The second-order valence-corrected chi connectivity index (χ2v) is 16.8. The Labute approximate surface area is 317 Å². The van der Waals surface area contributed by atoms with Gasteiger partial charge in [0.05, 0.1) is 17.9 Å². The maximum Gasteiger partial charge on any atom is 0.266 e. The van der Waals surface area contributed by atoms with Gasteiger partial charge < -0.3 is 10.4 Å². The van der Waals surface area contributed by atoms with Crippen molar-refractivity contribution in [3.05, 3.63) is 24.3 Å². The molecule has 0 aromatic rings. The molecule has 0 aliphatic carbocycles. The van der Waals surface area contributed by atoms with Crippen molar-refractivity contribution in [2.45, 2.75) is 244 Å². The molecule has 1 amide bonds. The monoisotopic (exact) mass is 740 g/mol. The smallest absolute Gasteiger partial charge is 0.266 e. The minimum Gasteiger partial charge on any atom is -0.391 e. The van der Waals surface area contributed by atoms with Gasteiger partial charge in [-0.2, -0.15) is 8.42 Å². The third-order valence-electron chi connectivity index (χ3n) is 10.2. The van der Waals surface area contributed by atoms with Gasteiger partial charge in [0.1, 0.15) is 0 Å². The summed E-state index contributed by atoms with van der Waals surface area (Å²) in [6.07, 6.45) is 48.4. The van der Waals surface area contributed by atoms with Crippen molar-refractivity contribution in [3.8, 4) is 0 Å². The zero-order valence-electron chi connectivity index (χ0n) is 33.7. The fraction of sp³-hybridized carbons (Fsp3) is 0.886. The van der Waals surface area contributed by atoms with Gasteiger partial charge in [-0.05, 0) is 44.9 Å². The molecule has 51 heavy (non-hydrogen) atoms. The second-order valence-electron chi connectivity index (χ2n) is 15.3. The average molecular weight is 740 g/mol. The molecule has 0 saturated heterocycles. The predicted molar refractivity (Wildman–Crippen MR) is 221 cm³/mol. The molecule has 2 unspecified atom stereocenters. The van der Waals surface area contributed by atoms with Gasteiger partial charge in [0.25, 0.3) is 10.1 Å². The number of rotatable bonds is 40. The summed E-state index contributed by atoms with van der Waals surface area (Å²) < 4.78 is 32.6. The summed E-state index contributed by atoms with van der Waals surface area (Å²) >= 11 is 0. The van der Waals surface area contributed by atoms with Crippen LogP contribution in [0.15, 0.2) is 24.3 Å². The average Bonchev–Trinajstić information content (AvgIpc) is 3.09.